The molecule has 0 aliphatic carbocycles. The van der Waals surface area contributed by atoms with Gasteiger partial charge in [-0.15, -0.1) is 6.58 Å². The van der Waals surface area contributed by atoms with Crippen LogP contribution in [0.25, 0.3) is 0 Å². The molecule has 0 bridgehead atoms. The van der Waals surface area contributed by atoms with Gasteiger partial charge < -0.3 is 10.4 Å². The average Bonchev–Trinajstić information content (AvgIpc) is 2.09. The van der Waals surface area contributed by atoms with Gasteiger partial charge in [-0.25, -0.2) is 0 Å². The van der Waals surface area contributed by atoms with Gasteiger partial charge in [0, 0.05) is 31.2 Å². The number of aliphatic hydroxyl groups is 1. The average molecular weight is 184 g/mol. The third-order valence-corrected chi connectivity index (χ3v) is 2.69. The lowest BCUT2D eigenvalue weighted by Crippen LogP contribution is -2.62. The van der Waals surface area contributed by atoms with Gasteiger partial charge in [-0.05, 0) is 13.8 Å². The first kappa shape index (κ1) is 10.7. The fourth-order valence-electron chi connectivity index (χ4n) is 1.68. The minimum atomic E-state index is 0.167. The molecule has 0 aromatic heterocycles. The molecule has 0 saturated carbocycles. The molecule has 3 heteroatoms. The second-order valence-electron chi connectivity index (χ2n) is 4.27. The number of hydrogen-bond acceptors (Lipinski definition) is 3. The molecule has 2 N–H and O–H groups in total. The summed E-state index contributed by atoms with van der Waals surface area (Å²) in [4.78, 5) is 2.34. The van der Waals surface area contributed by atoms with Crippen molar-refractivity contribution < 1.29 is 5.11 Å². The van der Waals surface area contributed by atoms with Crippen LogP contribution in [0.15, 0.2) is 12.7 Å². The Morgan fingerprint density at radius 2 is 2.38 bits per heavy atom. The topological polar surface area (TPSA) is 35.5 Å². The smallest absolute Gasteiger partial charge is 0.0597 e. The van der Waals surface area contributed by atoms with Crippen LogP contribution in [0.4, 0.5) is 0 Å². The molecule has 1 heterocycles. The molecule has 3 nitrogen and oxygen atoms in total. The maximum Gasteiger partial charge on any atom is 0.0597 e. The minimum Gasteiger partial charge on any atom is -0.395 e. The van der Waals surface area contributed by atoms with E-state index >= 15 is 0 Å². The number of hydrogen-bond donors (Lipinski definition) is 2. The Hall–Kier alpha value is -0.380. The van der Waals surface area contributed by atoms with Crippen molar-refractivity contribution in [2.45, 2.75) is 25.4 Å². The van der Waals surface area contributed by atoms with Gasteiger partial charge in [-0.3, -0.25) is 4.90 Å². The summed E-state index contributed by atoms with van der Waals surface area (Å²) >= 11 is 0. The van der Waals surface area contributed by atoms with Gasteiger partial charge in [-0.1, -0.05) is 6.08 Å². The monoisotopic (exact) mass is 184 g/mol. The van der Waals surface area contributed by atoms with Gasteiger partial charge in [0.05, 0.1) is 6.61 Å². The second kappa shape index (κ2) is 4.22. The fraction of sp³-hybridized carbons (Fsp3) is 0.800. The Kier molecular flexibility index (Phi) is 3.47. The van der Waals surface area contributed by atoms with Crippen LogP contribution in [0.2, 0.25) is 0 Å². The standard InChI is InChI=1S/C10H20N2O/c1-4-5-12-6-9(7-13)11-8-10(12,2)3/h4,9,11,13H,1,5-8H2,2-3H3. The largest absolute Gasteiger partial charge is 0.395 e. The van der Waals surface area contributed by atoms with E-state index in [9.17, 15) is 0 Å². The molecule has 0 spiro atoms. The summed E-state index contributed by atoms with van der Waals surface area (Å²) in [7, 11) is 0. The van der Waals surface area contributed by atoms with Crippen LogP contribution in [0.5, 0.6) is 0 Å². The van der Waals surface area contributed by atoms with E-state index in [-0.39, 0.29) is 18.2 Å². The molecule has 1 fully saturated rings. The Labute approximate surface area is 80.4 Å². The Balaban J connectivity index is 2.57. The normalized spacial score (nSPS) is 28.7. The molecule has 1 aliphatic heterocycles. The van der Waals surface area contributed by atoms with Crippen LogP contribution in [0.1, 0.15) is 13.8 Å². The van der Waals surface area contributed by atoms with Gasteiger partial charge in [0.2, 0.25) is 0 Å². The van der Waals surface area contributed by atoms with E-state index in [2.05, 4.69) is 30.6 Å². The van der Waals surface area contributed by atoms with Crippen LogP contribution >= 0.6 is 0 Å². The zero-order valence-electron chi connectivity index (χ0n) is 8.58. The molecular weight excluding hydrogens is 164 g/mol. The molecule has 1 atom stereocenters. The van der Waals surface area contributed by atoms with E-state index in [0.717, 1.165) is 19.6 Å². The highest BCUT2D eigenvalue weighted by Gasteiger charge is 2.32. The zero-order chi connectivity index (χ0) is 9.90. The summed E-state index contributed by atoms with van der Waals surface area (Å²) in [5.41, 5.74) is 0.167. The van der Waals surface area contributed by atoms with E-state index in [4.69, 9.17) is 5.11 Å². The van der Waals surface area contributed by atoms with Gasteiger partial charge in [-0.2, -0.15) is 0 Å². The predicted molar refractivity (Wildman–Crippen MR) is 54.7 cm³/mol. The first-order valence-corrected chi connectivity index (χ1v) is 4.80. The maximum absolute atomic E-state index is 9.03. The van der Waals surface area contributed by atoms with Crippen LogP contribution in [0.3, 0.4) is 0 Å². The Morgan fingerprint density at radius 3 is 2.92 bits per heavy atom. The van der Waals surface area contributed by atoms with Crippen molar-refractivity contribution in [2.75, 3.05) is 26.2 Å². The molecule has 13 heavy (non-hydrogen) atoms. The molecule has 0 amide bonds. The third kappa shape index (κ3) is 2.53. The summed E-state index contributed by atoms with van der Waals surface area (Å²) in [5, 5.41) is 12.4. The lowest BCUT2D eigenvalue weighted by molar-refractivity contribution is 0.0596. The molecule has 1 saturated heterocycles. The quantitative estimate of drug-likeness (QED) is 0.616. The number of piperazine rings is 1. The van der Waals surface area contributed by atoms with Crippen LogP contribution in [0, 0.1) is 0 Å². The molecule has 0 aromatic carbocycles. The highest BCUT2D eigenvalue weighted by Crippen LogP contribution is 2.17. The van der Waals surface area contributed by atoms with E-state index in [1.165, 1.54) is 0 Å². The molecule has 0 aromatic rings. The third-order valence-electron chi connectivity index (χ3n) is 2.69. The van der Waals surface area contributed by atoms with Crippen molar-refractivity contribution in [1.82, 2.24) is 10.2 Å². The number of rotatable bonds is 3. The molecular formula is C10H20N2O. The second-order valence-corrected chi connectivity index (χ2v) is 4.27. The fourth-order valence-corrected chi connectivity index (χ4v) is 1.68. The summed E-state index contributed by atoms with van der Waals surface area (Å²) in [6.07, 6.45) is 1.92. The Bertz CT molecular complexity index is 180. The van der Waals surface area contributed by atoms with Crippen molar-refractivity contribution in [1.29, 1.82) is 0 Å². The molecule has 76 valence electrons. The van der Waals surface area contributed by atoms with Gasteiger partial charge in [0.15, 0.2) is 0 Å². The first-order valence-electron chi connectivity index (χ1n) is 4.80. The predicted octanol–water partition coefficient (Wildman–Crippen LogP) is 0.217. The number of nitrogens with one attached hydrogen (secondary N) is 1. The molecule has 1 rings (SSSR count). The zero-order valence-corrected chi connectivity index (χ0v) is 8.58. The number of nitrogens with zero attached hydrogens (tertiary/aromatic N) is 1. The highest BCUT2D eigenvalue weighted by atomic mass is 16.3. The van der Waals surface area contributed by atoms with E-state index in [1.807, 2.05) is 6.08 Å². The summed E-state index contributed by atoms with van der Waals surface area (Å²) in [6, 6.07) is 0.216. The van der Waals surface area contributed by atoms with Crippen molar-refractivity contribution in [3.8, 4) is 0 Å². The number of aliphatic hydroxyl groups excluding tert-OH is 1. The van der Waals surface area contributed by atoms with Crippen molar-refractivity contribution in [2.24, 2.45) is 0 Å². The van der Waals surface area contributed by atoms with E-state index in [1.54, 1.807) is 0 Å². The molecule has 1 unspecified atom stereocenters. The van der Waals surface area contributed by atoms with Gasteiger partial charge in [0.1, 0.15) is 0 Å². The van der Waals surface area contributed by atoms with Crippen molar-refractivity contribution in [3.63, 3.8) is 0 Å². The minimum absolute atomic E-state index is 0.167. The van der Waals surface area contributed by atoms with Crippen LogP contribution < -0.4 is 5.32 Å². The van der Waals surface area contributed by atoms with E-state index < -0.39 is 0 Å². The van der Waals surface area contributed by atoms with E-state index in [0.29, 0.717) is 0 Å². The van der Waals surface area contributed by atoms with Crippen LogP contribution in [-0.2, 0) is 0 Å². The maximum atomic E-state index is 9.03. The summed E-state index contributed by atoms with van der Waals surface area (Å²) in [5.74, 6) is 0. The SMILES string of the molecule is C=CCN1CC(CO)NCC1(C)C. The summed E-state index contributed by atoms with van der Waals surface area (Å²) < 4.78 is 0. The lowest BCUT2D eigenvalue weighted by atomic mass is 9.97. The van der Waals surface area contributed by atoms with Crippen molar-refractivity contribution in [3.05, 3.63) is 12.7 Å². The van der Waals surface area contributed by atoms with Crippen LogP contribution in [-0.4, -0.2) is 47.8 Å². The summed E-state index contributed by atoms with van der Waals surface area (Å²) in [6.45, 7) is 11.1. The van der Waals surface area contributed by atoms with Gasteiger partial charge in [0.25, 0.3) is 0 Å². The lowest BCUT2D eigenvalue weighted by Gasteiger charge is -2.45. The highest BCUT2D eigenvalue weighted by molar-refractivity contribution is 4.94. The Morgan fingerprint density at radius 1 is 1.69 bits per heavy atom. The molecule has 0 radical (unpaired) electrons. The van der Waals surface area contributed by atoms with Crippen molar-refractivity contribution >= 4 is 0 Å². The molecule has 1 aliphatic rings. The van der Waals surface area contributed by atoms with Gasteiger partial charge >= 0.3 is 0 Å². The first-order chi connectivity index (χ1) is 6.10.